The number of nitrogens with zero attached hydrogens (tertiary/aromatic N) is 2. The van der Waals surface area contributed by atoms with Crippen LogP contribution in [0, 0.1) is 13.8 Å². The fourth-order valence-electron chi connectivity index (χ4n) is 2.38. The molecule has 0 aliphatic carbocycles. The summed E-state index contributed by atoms with van der Waals surface area (Å²) in [7, 11) is 1.96. The number of rotatable bonds is 3. The molecule has 0 aliphatic heterocycles. The van der Waals surface area contributed by atoms with Crippen LogP contribution in [0.4, 0.5) is 11.4 Å². The maximum absolute atomic E-state index is 9.00. The van der Waals surface area contributed by atoms with Crippen LogP contribution in [0.2, 0.25) is 0 Å². The van der Waals surface area contributed by atoms with Gasteiger partial charge in [0.25, 0.3) is 0 Å². The first-order valence-corrected chi connectivity index (χ1v) is 7.31. The summed E-state index contributed by atoms with van der Waals surface area (Å²) < 4.78 is 0.784. The first-order valence-electron chi connectivity index (χ1n) is 6.52. The van der Waals surface area contributed by atoms with Crippen molar-refractivity contribution < 1.29 is 5.21 Å². The third kappa shape index (κ3) is 3.19. The van der Waals surface area contributed by atoms with Crippen molar-refractivity contribution in [2.24, 2.45) is 10.9 Å². The maximum Gasteiger partial charge on any atom is 0.173 e. The van der Waals surface area contributed by atoms with E-state index in [1.165, 1.54) is 11.1 Å². The van der Waals surface area contributed by atoms with Crippen LogP contribution in [0.1, 0.15) is 16.7 Å². The molecule has 0 heterocycles. The van der Waals surface area contributed by atoms with E-state index < -0.39 is 0 Å². The molecule has 0 atom stereocenters. The number of halogens is 1. The summed E-state index contributed by atoms with van der Waals surface area (Å²) >= 11 is 3.46. The molecular formula is C16H18BrN3O. The average Bonchev–Trinajstić information content (AvgIpc) is 2.44. The van der Waals surface area contributed by atoms with Crippen LogP contribution >= 0.6 is 15.9 Å². The lowest BCUT2D eigenvalue weighted by molar-refractivity contribution is 0.318. The Morgan fingerprint density at radius 2 is 1.81 bits per heavy atom. The van der Waals surface area contributed by atoms with Gasteiger partial charge in [-0.1, -0.05) is 17.3 Å². The van der Waals surface area contributed by atoms with E-state index >= 15 is 0 Å². The molecule has 2 rings (SSSR count). The van der Waals surface area contributed by atoms with Crippen LogP contribution in [0.15, 0.2) is 46.0 Å². The highest BCUT2D eigenvalue weighted by Gasteiger charge is 2.16. The van der Waals surface area contributed by atoms with E-state index in [0.29, 0.717) is 5.56 Å². The fraction of sp³-hybridized carbons (Fsp3) is 0.188. The number of hydrogen-bond acceptors (Lipinski definition) is 3. The van der Waals surface area contributed by atoms with Crippen molar-refractivity contribution in [3.05, 3.63) is 57.6 Å². The van der Waals surface area contributed by atoms with Crippen LogP contribution < -0.4 is 10.6 Å². The van der Waals surface area contributed by atoms with E-state index in [2.05, 4.69) is 53.1 Å². The van der Waals surface area contributed by atoms with Gasteiger partial charge in [-0.3, -0.25) is 0 Å². The molecular weight excluding hydrogens is 330 g/mol. The molecule has 2 aromatic carbocycles. The molecule has 0 spiro atoms. The third-order valence-electron chi connectivity index (χ3n) is 3.31. The Morgan fingerprint density at radius 3 is 2.38 bits per heavy atom. The van der Waals surface area contributed by atoms with E-state index in [4.69, 9.17) is 10.9 Å². The summed E-state index contributed by atoms with van der Waals surface area (Å²) in [5, 5.41) is 12.1. The molecule has 0 bridgehead atoms. The van der Waals surface area contributed by atoms with Gasteiger partial charge in [-0.15, -0.1) is 0 Å². The fourth-order valence-corrected chi connectivity index (χ4v) is 2.94. The zero-order valence-electron chi connectivity index (χ0n) is 12.3. The first kappa shape index (κ1) is 15.4. The molecule has 0 aromatic heterocycles. The second-order valence-electron chi connectivity index (χ2n) is 5.02. The summed E-state index contributed by atoms with van der Waals surface area (Å²) in [4.78, 5) is 2.03. The van der Waals surface area contributed by atoms with Gasteiger partial charge in [-0.25, -0.2) is 0 Å². The molecule has 0 amide bonds. The molecule has 110 valence electrons. The quantitative estimate of drug-likeness (QED) is 0.382. The van der Waals surface area contributed by atoms with E-state index in [1.54, 1.807) is 0 Å². The van der Waals surface area contributed by atoms with Gasteiger partial charge in [0.2, 0.25) is 0 Å². The molecule has 0 saturated carbocycles. The highest BCUT2D eigenvalue weighted by molar-refractivity contribution is 9.10. The van der Waals surface area contributed by atoms with Crippen molar-refractivity contribution in [2.75, 3.05) is 11.9 Å². The molecule has 3 N–H and O–H groups in total. The zero-order valence-corrected chi connectivity index (χ0v) is 13.8. The van der Waals surface area contributed by atoms with Crippen LogP contribution in [0.5, 0.6) is 0 Å². The first-order chi connectivity index (χ1) is 9.93. The molecule has 0 fully saturated rings. The Balaban J connectivity index is 2.58. The number of aryl methyl sites for hydroxylation is 2. The van der Waals surface area contributed by atoms with Crippen molar-refractivity contribution in [1.82, 2.24) is 0 Å². The third-order valence-corrected chi connectivity index (χ3v) is 3.97. The SMILES string of the molecule is Cc1cc(C)cc(N(C)c2cccc(Br)c2/C(N)=N/O)c1. The number of nitrogens with two attached hydrogens (primary N) is 1. The van der Waals surface area contributed by atoms with Gasteiger partial charge in [-0.2, -0.15) is 0 Å². The number of amidine groups is 1. The van der Waals surface area contributed by atoms with Gasteiger partial charge in [0.05, 0.1) is 11.3 Å². The topological polar surface area (TPSA) is 61.8 Å². The monoisotopic (exact) mass is 347 g/mol. The second kappa shape index (κ2) is 6.18. The molecule has 0 radical (unpaired) electrons. The average molecular weight is 348 g/mol. The summed E-state index contributed by atoms with van der Waals surface area (Å²) in [5.74, 6) is 0.0775. The standard InChI is InChI=1S/C16H18BrN3O/c1-10-7-11(2)9-12(8-10)20(3)14-6-4-5-13(17)15(14)16(18)19-21/h4-9,21H,1-3H3,(H2,18,19). The van der Waals surface area contributed by atoms with E-state index in [9.17, 15) is 0 Å². The van der Waals surface area contributed by atoms with Crippen LogP contribution in [0.25, 0.3) is 0 Å². The summed E-state index contributed by atoms with van der Waals surface area (Å²) in [6.45, 7) is 4.13. The second-order valence-corrected chi connectivity index (χ2v) is 5.88. The van der Waals surface area contributed by atoms with Crippen molar-refractivity contribution in [2.45, 2.75) is 13.8 Å². The smallest absolute Gasteiger partial charge is 0.173 e. The molecule has 0 aliphatic rings. The van der Waals surface area contributed by atoms with Gasteiger partial charge in [0.15, 0.2) is 5.84 Å². The molecule has 21 heavy (non-hydrogen) atoms. The van der Waals surface area contributed by atoms with Crippen molar-refractivity contribution in [1.29, 1.82) is 0 Å². The predicted octanol–water partition coefficient (Wildman–Crippen LogP) is 3.93. The molecule has 5 heteroatoms. The molecule has 0 unspecified atom stereocenters. The lowest BCUT2D eigenvalue weighted by Crippen LogP contribution is -2.20. The minimum absolute atomic E-state index is 0.0775. The van der Waals surface area contributed by atoms with E-state index in [-0.39, 0.29) is 5.84 Å². The highest BCUT2D eigenvalue weighted by atomic mass is 79.9. The number of anilines is 2. The Bertz CT molecular complexity index is 678. The van der Waals surface area contributed by atoms with Gasteiger partial charge in [0.1, 0.15) is 0 Å². The Hall–Kier alpha value is -2.01. The Kier molecular flexibility index (Phi) is 4.53. The predicted molar refractivity (Wildman–Crippen MR) is 90.6 cm³/mol. The Morgan fingerprint density at radius 1 is 1.19 bits per heavy atom. The van der Waals surface area contributed by atoms with Crippen molar-refractivity contribution in [3.8, 4) is 0 Å². The van der Waals surface area contributed by atoms with Gasteiger partial charge < -0.3 is 15.8 Å². The minimum Gasteiger partial charge on any atom is -0.409 e. The van der Waals surface area contributed by atoms with Crippen molar-refractivity contribution >= 4 is 33.1 Å². The number of benzene rings is 2. The lowest BCUT2D eigenvalue weighted by atomic mass is 10.1. The minimum atomic E-state index is 0.0775. The lowest BCUT2D eigenvalue weighted by Gasteiger charge is -2.24. The highest BCUT2D eigenvalue weighted by Crippen LogP contribution is 2.32. The maximum atomic E-state index is 9.00. The van der Waals surface area contributed by atoms with Crippen LogP contribution in [-0.2, 0) is 0 Å². The number of oxime groups is 1. The number of hydrogen-bond donors (Lipinski definition) is 2. The summed E-state index contributed by atoms with van der Waals surface area (Å²) in [6, 6.07) is 12.1. The summed E-state index contributed by atoms with van der Waals surface area (Å²) in [5.41, 5.74) is 10.8. The van der Waals surface area contributed by atoms with E-state index in [0.717, 1.165) is 15.8 Å². The summed E-state index contributed by atoms with van der Waals surface area (Å²) in [6.07, 6.45) is 0. The van der Waals surface area contributed by atoms with Crippen LogP contribution in [0.3, 0.4) is 0 Å². The molecule has 2 aromatic rings. The molecule has 0 saturated heterocycles. The Labute approximate surface area is 133 Å². The van der Waals surface area contributed by atoms with Gasteiger partial charge >= 0.3 is 0 Å². The van der Waals surface area contributed by atoms with Gasteiger partial charge in [-0.05, 0) is 65.2 Å². The molecule has 4 nitrogen and oxygen atoms in total. The zero-order chi connectivity index (χ0) is 15.6. The largest absolute Gasteiger partial charge is 0.409 e. The van der Waals surface area contributed by atoms with Gasteiger partial charge in [0, 0.05) is 17.2 Å². The van der Waals surface area contributed by atoms with E-state index in [1.807, 2.05) is 30.1 Å². The normalized spacial score (nSPS) is 11.5. The van der Waals surface area contributed by atoms with Crippen LogP contribution in [-0.4, -0.2) is 18.1 Å². The van der Waals surface area contributed by atoms with Crippen molar-refractivity contribution in [3.63, 3.8) is 0 Å².